The van der Waals surface area contributed by atoms with E-state index >= 15 is 0 Å². The Balaban J connectivity index is 1.55. The van der Waals surface area contributed by atoms with Crippen LogP contribution in [0.1, 0.15) is 5.56 Å². The van der Waals surface area contributed by atoms with Crippen LogP contribution in [0.5, 0.6) is 0 Å². The molecule has 0 aliphatic carbocycles. The summed E-state index contributed by atoms with van der Waals surface area (Å²) in [5, 5.41) is 7.16. The van der Waals surface area contributed by atoms with E-state index in [-0.39, 0.29) is 11.5 Å². The van der Waals surface area contributed by atoms with Gasteiger partial charge in [-0.2, -0.15) is 4.98 Å². The lowest BCUT2D eigenvalue weighted by molar-refractivity contribution is 0.709. The first-order valence-electron chi connectivity index (χ1n) is 7.09. The molecule has 0 aliphatic rings. The number of hydrogen-bond acceptors (Lipinski definition) is 5. The minimum atomic E-state index is -0.219. The van der Waals surface area contributed by atoms with Crippen LogP contribution >= 0.6 is 0 Å². The number of nitrogen functional groups attached to an aromatic ring is 1. The molecule has 3 rings (SSSR count). The minimum absolute atomic E-state index is 0.117. The molecule has 0 saturated heterocycles. The molecule has 114 valence electrons. The van der Waals surface area contributed by atoms with Crippen molar-refractivity contribution in [2.45, 2.75) is 6.54 Å². The quantitative estimate of drug-likeness (QED) is 0.436. The summed E-state index contributed by atoms with van der Waals surface area (Å²) >= 11 is 0. The summed E-state index contributed by atoms with van der Waals surface area (Å²) in [5.74, 6) is 0.117. The molecule has 0 atom stereocenters. The molecule has 0 aliphatic heterocycles. The number of rotatable bonds is 6. The largest absolute Gasteiger partial charge is 0.384 e. The number of nitrogens with one attached hydrogen (secondary N) is 4. The van der Waals surface area contributed by atoms with E-state index in [1.54, 1.807) is 6.20 Å². The number of H-pyrrole nitrogens is 2. The van der Waals surface area contributed by atoms with E-state index < -0.39 is 0 Å². The molecule has 0 saturated carbocycles. The fourth-order valence-electron chi connectivity index (χ4n) is 2.33. The highest BCUT2D eigenvalue weighted by Gasteiger charge is 2.09. The first kappa shape index (κ1) is 14.2. The van der Waals surface area contributed by atoms with Gasteiger partial charge in [0.05, 0.1) is 5.39 Å². The van der Waals surface area contributed by atoms with Crippen LogP contribution in [0.25, 0.3) is 11.0 Å². The van der Waals surface area contributed by atoms with Crippen molar-refractivity contribution in [2.24, 2.45) is 0 Å². The highest BCUT2D eigenvalue weighted by atomic mass is 16.1. The van der Waals surface area contributed by atoms with Crippen LogP contribution in [0, 0.1) is 0 Å². The van der Waals surface area contributed by atoms with E-state index in [0.29, 0.717) is 17.6 Å². The highest BCUT2D eigenvalue weighted by molar-refractivity contribution is 5.79. The number of hydrogen-bond donors (Lipinski definition) is 5. The molecule has 22 heavy (non-hydrogen) atoms. The number of nitrogens with two attached hydrogens (primary N) is 1. The zero-order valence-electron chi connectivity index (χ0n) is 12.0. The molecular formula is C15H18N6O. The number of aromatic nitrogens is 3. The molecule has 2 aromatic heterocycles. The van der Waals surface area contributed by atoms with E-state index in [2.05, 4.69) is 25.6 Å². The van der Waals surface area contributed by atoms with Gasteiger partial charge in [0, 0.05) is 31.5 Å². The van der Waals surface area contributed by atoms with Gasteiger partial charge in [0.2, 0.25) is 5.95 Å². The Morgan fingerprint density at radius 3 is 2.82 bits per heavy atom. The summed E-state index contributed by atoms with van der Waals surface area (Å²) in [6.07, 6.45) is 1.78. The summed E-state index contributed by atoms with van der Waals surface area (Å²) in [4.78, 5) is 21.5. The van der Waals surface area contributed by atoms with E-state index in [1.165, 1.54) is 0 Å². The Labute approximate surface area is 127 Å². The van der Waals surface area contributed by atoms with Gasteiger partial charge in [-0.15, -0.1) is 0 Å². The Kier molecular flexibility index (Phi) is 4.06. The second kappa shape index (κ2) is 6.31. The number of anilines is 2. The maximum absolute atomic E-state index is 11.9. The third-order valence-corrected chi connectivity index (χ3v) is 3.36. The molecule has 3 aromatic rings. The van der Waals surface area contributed by atoms with Gasteiger partial charge in [-0.05, 0) is 17.7 Å². The first-order valence-corrected chi connectivity index (χ1v) is 7.09. The van der Waals surface area contributed by atoms with Gasteiger partial charge in [0.15, 0.2) is 0 Å². The van der Waals surface area contributed by atoms with Crippen molar-refractivity contribution < 1.29 is 0 Å². The summed E-state index contributed by atoms with van der Waals surface area (Å²) in [5.41, 5.74) is 7.78. The van der Waals surface area contributed by atoms with Crippen molar-refractivity contribution in [3.8, 4) is 0 Å². The topological polar surface area (TPSA) is 112 Å². The number of fused-ring (bicyclic) bond motifs is 1. The van der Waals surface area contributed by atoms with Crippen LogP contribution in [-0.4, -0.2) is 28.0 Å². The van der Waals surface area contributed by atoms with Crippen LogP contribution < -0.4 is 21.9 Å². The van der Waals surface area contributed by atoms with Gasteiger partial charge < -0.3 is 21.4 Å². The molecule has 2 heterocycles. The van der Waals surface area contributed by atoms with Gasteiger partial charge in [0.1, 0.15) is 5.65 Å². The van der Waals surface area contributed by atoms with Gasteiger partial charge in [-0.1, -0.05) is 18.2 Å². The lowest BCUT2D eigenvalue weighted by Crippen LogP contribution is -2.22. The summed E-state index contributed by atoms with van der Waals surface area (Å²) < 4.78 is 0. The van der Waals surface area contributed by atoms with Crippen LogP contribution in [0.15, 0.2) is 41.3 Å². The number of nitrogens with zero attached hydrogens (tertiary/aromatic N) is 1. The molecule has 0 fully saturated rings. The van der Waals surface area contributed by atoms with Crippen LogP contribution in [0.3, 0.4) is 0 Å². The third kappa shape index (κ3) is 3.09. The van der Waals surface area contributed by atoms with Gasteiger partial charge in [-0.25, -0.2) is 0 Å². The van der Waals surface area contributed by atoms with E-state index in [4.69, 9.17) is 5.73 Å². The second-order valence-corrected chi connectivity index (χ2v) is 4.96. The smallest absolute Gasteiger partial charge is 0.262 e. The van der Waals surface area contributed by atoms with Crippen molar-refractivity contribution in [3.05, 3.63) is 52.4 Å². The zero-order valence-corrected chi connectivity index (χ0v) is 12.0. The van der Waals surface area contributed by atoms with Crippen molar-refractivity contribution in [2.75, 3.05) is 24.1 Å². The zero-order chi connectivity index (χ0) is 15.4. The summed E-state index contributed by atoms with van der Waals surface area (Å²) in [6.45, 7) is 2.17. The lowest BCUT2D eigenvalue weighted by atomic mass is 10.2. The minimum Gasteiger partial charge on any atom is -0.384 e. The predicted octanol–water partition coefficient (Wildman–Crippen LogP) is 1.04. The molecule has 7 nitrogen and oxygen atoms in total. The average Bonchev–Trinajstić information content (AvgIpc) is 2.91. The van der Waals surface area contributed by atoms with Crippen LogP contribution in [0.2, 0.25) is 0 Å². The lowest BCUT2D eigenvalue weighted by Gasteiger charge is -2.07. The molecule has 6 N–H and O–H groups in total. The predicted molar refractivity (Wildman–Crippen MR) is 87.8 cm³/mol. The summed E-state index contributed by atoms with van der Waals surface area (Å²) in [6, 6.07) is 10.0. The maximum atomic E-state index is 11.9. The van der Waals surface area contributed by atoms with E-state index in [9.17, 15) is 4.79 Å². The monoisotopic (exact) mass is 298 g/mol. The highest BCUT2D eigenvalue weighted by Crippen LogP contribution is 2.12. The molecule has 0 radical (unpaired) electrons. The standard InChI is InChI=1S/C15H18N6O/c16-15-20-13-12(14(22)21-15)10(9-19-13)8-17-6-7-18-11-4-2-1-3-5-11/h1-5,9,17-18H,6-8H2,(H4,16,19,20,21,22). The fraction of sp³-hybridized carbons (Fsp3) is 0.200. The van der Waals surface area contributed by atoms with Gasteiger partial charge in [0.25, 0.3) is 5.56 Å². The molecule has 1 aromatic carbocycles. The van der Waals surface area contributed by atoms with Crippen LogP contribution in [-0.2, 0) is 6.54 Å². The van der Waals surface area contributed by atoms with Crippen molar-refractivity contribution in [1.82, 2.24) is 20.3 Å². The molecule has 7 heteroatoms. The normalized spacial score (nSPS) is 10.9. The summed E-state index contributed by atoms with van der Waals surface area (Å²) in [7, 11) is 0. The van der Waals surface area contributed by atoms with Gasteiger partial charge in [-0.3, -0.25) is 9.78 Å². The number of para-hydroxylation sites is 1. The molecule has 0 unspecified atom stereocenters. The van der Waals surface area contributed by atoms with E-state index in [0.717, 1.165) is 24.3 Å². The SMILES string of the molecule is Nc1nc2[nH]cc(CNCCNc3ccccc3)c2c(=O)[nH]1. The Bertz CT molecular complexity index is 808. The fourth-order valence-corrected chi connectivity index (χ4v) is 2.33. The van der Waals surface area contributed by atoms with Crippen molar-refractivity contribution >= 4 is 22.7 Å². The first-order chi connectivity index (χ1) is 10.7. The van der Waals surface area contributed by atoms with Crippen molar-refractivity contribution in [3.63, 3.8) is 0 Å². The average molecular weight is 298 g/mol. The molecular weight excluding hydrogens is 280 g/mol. The third-order valence-electron chi connectivity index (χ3n) is 3.36. The Morgan fingerprint density at radius 1 is 1.18 bits per heavy atom. The Morgan fingerprint density at radius 2 is 2.00 bits per heavy atom. The second-order valence-electron chi connectivity index (χ2n) is 4.96. The van der Waals surface area contributed by atoms with E-state index in [1.807, 2.05) is 30.3 Å². The van der Waals surface area contributed by atoms with Crippen molar-refractivity contribution in [1.29, 1.82) is 0 Å². The number of benzene rings is 1. The molecule has 0 bridgehead atoms. The number of aromatic amines is 2. The molecule has 0 amide bonds. The Hall–Kier alpha value is -2.80. The molecule has 0 spiro atoms. The van der Waals surface area contributed by atoms with Crippen LogP contribution in [0.4, 0.5) is 11.6 Å². The van der Waals surface area contributed by atoms with Gasteiger partial charge >= 0.3 is 0 Å². The maximum Gasteiger partial charge on any atom is 0.262 e.